The van der Waals surface area contributed by atoms with Crippen molar-refractivity contribution in [3.8, 4) is 11.4 Å². The first kappa shape index (κ1) is 21.9. The van der Waals surface area contributed by atoms with Crippen LogP contribution in [0.4, 0.5) is 10.1 Å². The average molecular weight is 459 g/mol. The fraction of sp³-hybridized carbons (Fsp3) is 0.318. The second kappa shape index (κ2) is 8.70. The summed E-state index contributed by atoms with van der Waals surface area (Å²) in [7, 11) is -4.01. The van der Waals surface area contributed by atoms with E-state index in [1.807, 2.05) is 0 Å². The molecule has 1 amide bonds. The van der Waals surface area contributed by atoms with E-state index in [2.05, 4.69) is 14.9 Å². The van der Waals surface area contributed by atoms with Crippen LogP contribution in [-0.4, -0.2) is 42.5 Å². The third-order valence-electron chi connectivity index (χ3n) is 5.41. The van der Waals surface area contributed by atoms with Gasteiger partial charge in [0.2, 0.25) is 5.82 Å². The molecule has 0 aliphatic carbocycles. The Hall–Kier alpha value is -3.27. The molecule has 168 valence electrons. The molecule has 10 heteroatoms. The van der Waals surface area contributed by atoms with Gasteiger partial charge in [-0.1, -0.05) is 23.4 Å². The molecule has 0 bridgehead atoms. The molecule has 1 aromatic heterocycles. The lowest BCUT2D eigenvalue weighted by atomic mass is 10.1. The number of likely N-dealkylation sites (tertiary alicyclic amines) is 1. The third-order valence-corrected chi connectivity index (χ3v) is 6.94. The van der Waals surface area contributed by atoms with Crippen LogP contribution in [0.3, 0.4) is 0 Å². The number of nitrogens with one attached hydrogen (secondary N) is 1. The Balaban J connectivity index is 1.60. The summed E-state index contributed by atoms with van der Waals surface area (Å²) in [6.45, 7) is 4.54. The van der Waals surface area contributed by atoms with Crippen LogP contribution in [0, 0.1) is 19.7 Å². The van der Waals surface area contributed by atoms with E-state index in [1.54, 1.807) is 30.9 Å². The summed E-state index contributed by atoms with van der Waals surface area (Å²) in [5, 5.41) is 3.86. The normalized spacial score (nSPS) is 14.4. The van der Waals surface area contributed by atoms with Gasteiger partial charge in [0, 0.05) is 18.7 Å². The Morgan fingerprint density at radius 2 is 1.78 bits per heavy atom. The number of aromatic nitrogens is 2. The molecule has 0 saturated carbocycles. The molecule has 2 heterocycles. The van der Waals surface area contributed by atoms with Crippen molar-refractivity contribution in [2.24, 2.45) is 0 Å². The van der Waals surface area contributed by atoms with E-state index < -0.39 is 15.8 Å². The van der Waals surface area contributed by atoms with Crippen LogP contribution in [0.2, 0.25) is 0 Å². The predicted octanol–water partition coefficient (Wildman–Crippen LogP) is 3.92. The van der Waals surface area contributed by atoms with Crippen molar-refractivity contribution in [2.45, 2.75) is 38.0 Å². The molecule has 0 unspecified atom stereocenters. The molecule has 2 aromatic carbocycles. The Kier molecular flexibility index (Phi) is 5.96. The zero-order chi connectivity index (χ0) is 22.9. The number of hydrogen-bond donors (Lipinski definition) is 1. The molecule has 0 atom stereocenters. The standard InChI is InChI=1S/C22H23FN4O4S/c1-14-7-9-17(13-18(14)23)26-32(29,30)19-12-16(8-6-15(19)2)20-24-21(31-25-20)22(28)27-10-4-3-5-11-27/h6-9,12-13,26H,3-5,10-11H2,1-2H3. The van der Waals surface area contributed by atoms with Gasteiger partial charge < -0.3 is 9.42 Å². The molecular formula is C22H23FN4O4S. The number of rotatable bonds is 5. The first-order valence-electron chi connectivity index (χ1n) is 10.3. The minimum absolute atomic E-state index is 0.00955. The number of amides is 1. The van der Waals surface area contributed by atoms with Gasteiger partial charge >= 0.3 is 11.8 Å². The molecule has 1 aliphatic rings. The predicted molar refractivity (Wildman–Crippen MR) is 116 cm³/mol. The number of anilines is 1. The van der Waals surface area contributed by atoms with Crippen molar-refractivity contribution in [1.29, 1.82) is 0 Å². The topological polar surface area (TPSA) is 105 Å². The van der Waals surface area contributed by atoms with Gasteiger partial charge in [-0.3, -0.25) is 9.52 Å². The van der Waals surface area contributed by atoms with E-state index in [0.29, 0.717) is 29.8 Å². The van der Waals surface area contributed by atoms with Crippen LogP contribution in [0.5, 0.6) is 0 Å². The SMILES string of the molecule is Cc1ccc(NS(=O)(=O)c2cc(-c3noc(C(=O)N4CCCCC4)n3)ccc2C)cc1F. The molecule has 1 N–H and O–H groups in total. The van der Waals surface area contributed by atoms with Crippen molar-refractivity contribution in [1.82, 2.24) is 15.0 Å². The summed E-state index contributed by atoms with van der Waals surface area (Å²) in [4.78, 5) is 18.4. The van der Waals surface area contributed by atoms with E-state index in [4.69, 9.17) is 4.52 Å². The van der Waals surface area contributed by atoms with Crippen molar-refractivity contribution < 1.29 is 22.1 Å². The zero-order valence-electron chi connectivity index (χ0n) is 17.8. The van der Waals surface area contributed by atoms with Gasteiger partial charge in [-0.2, -0.15) is 4.98 Å². The Bertz CT molecular complexity index is 1270. The van der Waals surface area contributed by atoms with Gasteiger partial charge in [-0.25, -0.2) is 12.8 Å². The fourth-order valence-corrected chi connectivity index (χ4v) is 4.88. The number of hydrogen-bond acceptors (Lipinski definition) is 6. The van der Waals surface area contributed by atoms with Crippen LogP contribution < -0.4 is 4.72 Å². The maximum absolute atomic E-state index is 13.8. The summed E-state index contributed by atoms with van der Waals surface area (Å²) in [6.07, 6.45) is 2.95. The highest BCUT2D eigenvalue weighted by atomic mass is 32.2. The van der Waals surface area contributed by atoms with E-state index in [1.165, 1.54) is 18.2 Å². The highest BCUT2D eigenvalue weighted by molar-refractivity contribution is 7.92. The molecule has 1 saturated heterocycles. The van der Waals surface area contributed by atoms with Gasteiger partial charge in [-0.05, 0) is 62.4 Å². The van der Waals surface area contributed by atoms with Gasteiger partial charge in [0.1, 0.15) is 5.82 Å². The quantitative estimate of drug-likeness (QED) is 0.621. The second-order valence-electron chi connectivity index (χ2n) is 7.83. The molecule has 32 heavy (non-hydrogen) atoms. The van der Waals surface area contributed by atoms with Crippen molar-refractivity contribution >= 4 is 21.6 Å². The number of piperidine rings is 1. The van der Waals surface area contributed by atoms with Crippen LogP contribution in [0.1, 0.15) is 41.1 Å². The van der Waals surface area contributed by atoms with Gasteiger partial charge in [0.25, 0.3) is 10.0 Å². The number of benzene rings is 2. The highest BCUT2D eigenvalue weighted by Gasteiger charge is 2.25. The molecular weight excluding hydrogens is 435 g/mol. The average Bonchev–Trinajstić information content (AvgIpc) is 3.26. The van der Waals surface area contributed by atoms with Gasteiger partial charge in [0.05, 0.1) is 10.6 Å². The Morgan fingerprint density at radius 1 is 1.06 bits per heavy atom. The van der Waals surface area contributed by atoms with Crippen molar-refractivity contribution in [3.05, 3.63) is 59.2 Å². The molecule has 1 aliphatic heterocycles. The van der Waals surface area contributed by atoms with E-state index in [0.717, 1.165) is 25.3 Å². The summed E-state index contributed by atoms with van der Waals surface area (Å²) < 4.78 is 47.3. The summed E-state index contributed by atoms with van der Waals surface area (Å²) in [5.74, 6) is -0.844. The smallest absolute Gasteiger partial charge is 0.316 e. The van der Waals surface area contributed by atoms with Crippen LogP contribution >= 0.6 is 0 Å². The van der Waals surface area contributed by atoms with E-state index in [9.17, 15) is 17.6 Å². The van der Waals surface area contributed by atoms with Crippen LogP contribution in [0.25, 0.3) is 11.4 Å². The van der Waals surface area contributed by atoms with Gasteiger partial charge in [0.15, 0.2) is 0 Å². The lowest BCUT2D eigenvalue weighted by Crippen LogP contribution is -2.35. The number of halogens is 1. The summed E-state index contributed by atoms with van der Waals surface area (Å²) >= 11 is 0. The van der Waals surface area contributed by atoms with Crippen molar-refractivity contribution in [2.75, 3.05) is 17.8 Å². The van der Waals surface area contributed by atoms with Crippen LogP contribution in [0.15, 0.2) is 45.8 Å². The highest BCUT2D eigenvalue weighted by Crippen LogP contribution is 2.26. The fourth-order valence-electron chi connectivity index (χ4n) is 3.56. The first-order chi connectivity index (χ1) is 15.2. The maximum atomic E-state index is 13.8. The molecule has 0 spiro atoms. The first-order valence-corrected chi connectivity index (χ1v) is 11.8. The zero-order valence-corrected chi connectivity index (χ0v) is 18.6. The number of sulfonamides is 1. The largest absolute Gasteiger partial charge is 0.334 e. The Labute approximate surface area is 185 Å². The summed E-state index contributed by atoms with van der Waals surface area (Å²) in [5.41, 5.74) is 1.40. The lowest BCUT2D eigenvalue weighted by molar-refractivity contribution is 0.0674. The minimum Gasteiger partial charge on any atom is -0.334 e. The third kappa shape index (κ3) is 4.50. The second-order valence-corrected chi connectivity index (χ2v) is 9.48. The van der Waals surface area contributed by atoms with Gasteiger partial charge in [-0.15, -0.1) is 0 Å². The molecule has 0 radical (unpaired) electrons. The monoisotopic (exact) mass is 458 g/mol. The Morgan fingerprint density at radius 3 is 2.50 bits per heavy atom. The van der Waals surface area contributed by atoms with E-state index >= 15 is 0 Å². The molecule has 8 nitrogen and oxygen atoms in total. The minimum atomic E-state index is -4.01. The molecule has 3 aromatic rings. The van der Waals surface area contributed by atoms with Crippen LogP contribution in [-0.2, 0) is 10.0 Å². The number of nitrogens with zero attached hydrogens (tertiary/aromatic N) is 3. The lowest BCUT2D eigenvalue weighted by Gasteiger charge is -2.24. The number of aryl methyl sites for hydroxylation is 2. The van der Waals surface area contributed by atoms with Crippen molar-refractivity contribution in [3.63, 3.8) is 0 Å². The number of carbonyl (C=O) groups excluding carboxylic acids is 1. The molecule has 1 fully saturated rings. The maximum Gasteiger partial charge on any atom is 0.316 e. The molecule has 4 rings (SSSR count). The summed E-state index contributed by atoms with van der Waals surface area (Å²) in [6, 6.07) is 8.79. The number of carbonyl (C=O) groups is 1. The van der Waals surface area contributed by atoms with E-state index in [-0.39, 0.29) is 28.2 Å².